The molecule has 0 unspecified atom stereocenters. The van der Waals surface area contributed by atoms with Crippen molar-refractivity contribution in [2.45, 2.75) is 101 Å². The summed E-state index contributed by atoms with van der Waals surface area (Å²) < 4.78 is 44.9. The van der Waals surface area contributed by atoms with E-state index in [-0.39, 0.29) is 4.90 Å². The Bertz CT molecular complexity index is 1280. The fourth-order valence-electron chi connectivity index (χ4n) is 5.40. The van der Waals surface area contributed by atoms with E-state index in [1.165, 1.54) is 68.2 Å². The maximum Gasteiger partial charge on any atom is 0.268 e. The first-order valence-corrected chi connectivity index (χ1v) is 16.7. The van der Waals surface area contributed by atoms with Gasteiger partial charge in [-0.15, -0.1) is 0 Å². The van der Waals surface area contributed by atoms with Gasteiger partial charge in [-0.05, 0) is 55.2 Å². The highest BCUT2D eigenvalue weighted by Crippen LogP contribution is 2.37. The quantitative estimate of drug-likeness (QED) is 0.128. The predicted octanol–water partition coefficient (Wildman–Crippen LogP) is 7.90. The summed E-state index contributed by atoms with van der Waals surface area (Å²) in [6.45, 7) is 0.324. The summed E-state index contributed by atoms with van der Waals surface area (Å²) in [5.41, 5.74) is 1.58. The number of methoxy groups -OCH3 is 3. The third kappa shape index (κ3) is 9.40. The first kappa shape index (κ1) is 32.8. The molecule has 0 fully saturated rings. The van der Waals surface area contributed by atoms with Gasteiger partial charge < -0.3 is 19.3 Å². The Morgan fingerprint density at radius 2 is 1.15 bits per heavy atom. The number of aromatic nitrogens is 1. The van der Waals surface area contributed by atoms with Gasteiger partial charge in [0, 0.05) is 24.3 Å². The van der Waals surface area contributed by atoms with Crippen LogP contribution < -0.4 is 14.2 Å². The van der Waals surface area contributed by atoms with Crippen molar-refractivity contribution in [2.75, 3.05) is 27.9 Å². The number of aliphatic hydroxyl groups is 1. The highest BCUT2D eigenvalue weighted by molar-refractivity contribution is 7.90. The average molecular weight is 588 g/mol. The van der Waals surface area contributed by atoms with Crippen LogP contribution in [0.15, 0.2) is 47.5 Å². The highest BCUT2D eigenvalue weighted by atomic mass is 32.2. The van der Waals surface area contributed by atoms with Gasteiger partial charge >= 0.3 is 0 Å². The molecule has 3 aromatic rings. The second-order valence-corrected chi connectivity index (χ2v) is 12.6. The van der Waals surface area contributed by atoms with Crippen LogP contribution >= 0.6 is 0 Å². The van der Waals surface area contributed by atoms with Crippen LogP contribution in [0.4, 0.5) is 0 Å². The van der Waals surface area contributed by atoms with Crippen molar-refractivity contribution in [2.24, 2.45) is 0 Å². The Morgan fingerprint density at radius 3 is 1.63 bits per heavy atom. The first-order chi connectivity index (χ1) is 20.0. The van der Waals surface area contributed by atoms with Crippen LogP contribution in [-0.2, 0) is 16.4 Å². The van der Waals surface area contributed by atoms with Gasteiger partial charge in [-0.3, -0.25) is 0 Å². The third-order valence-electron chi connectivity index (χ3n) is 7.83. The number of fused-ring (bicyclic) bond motifs is 1. The number of hydrogen-bond donors (Lipinski definition) is 1. The minimum Gasteiger partial charge on any atom is -0.497 e. The lowest BCUT2D eigenvalue weighted by atomic mass is 10.0. The Hall–Kier alpha value is -2.71. The predicted molar refractivity (Wildman–Crippen MR) is 166 cm³/mol. The topological polar surface area (TPSA) is 87.0 Å². The van der Waals surface area contributed by atoms with Crippen molar-refractivity contribution in [1.29, 1.82) is 0 Å². The first-order valence-electron chi connectivity index (χ1n) is 15.2. The molecular formula is C33H49NO6S. The van der Waals surface area contributed by atoms with E-state index in [0.29, 0.717) is 29.4 Å². The molecule has 1 aromatic heterocycles. The Kier molecular flexibility index (Phi) is 13.8. The van der Waals surface area contributed by atoms with Crippen molar-refractivity contribution in [3.63, 3.8) is 0 Å². The molecule has 0 atom stereocenters. The summed E-state index contributed by atoms with van der Waals surface area (Å²) >= 11 is 0. The Labute approximate surface area is 246 Å². The van der Waals surface area contributed by atoms with Gasteiger partial charge in [0.25, 0.3) is 10.0 Å². The number of rotatable bonds is 21. The summed E-state index contributed by atoms with van der Waals surface area (Å²) in [5, 5.41) is 9.69. The zero-order valence-electron chi connectivity index (χ0n) is 25.2. The number of ether oxygens (including phenoxy) is 3. The third-order valence-corrected chi connectivity index (χ3v) is 9.52. The van der Waals surface area contributed by atoms with Crippen LogP contribution in [-0.4, -0.2) is 45.4 Å². The maximum atomic E-state index is 13.7. The molecule has 0 aliphatic carbocycles. The zero-order chi connectivity index (χ0) is 29.5. The fraction of sp³-hybridized carbons (Fsp3) is 0.576. The van der Waals surface area contributed by atoms with Crippen molar-refractivity contribution < 1.29 is 27.7 Å². The molecule has 0 saturated heterocycles. The molecule has 0 aliphatic rings. The molecule has 228 valence electrons. The van der Waals surface area contributed by atoms with E-state index in [2.05, 4.69) is 0 Å². The average Bonchev–Trinajstić information content (AvgIpc) is 3.36. The van der Waals surface area contributed by atoms with Crippen LogP contribution in [0.25, 0.3) is 10.9 Å². The van der Waals surface area contributed by atoms with Gasteiger partial charge in [-0.2, -0.15) is 0 Å². The molecule has 41 heavy (non-hydrogen) atoms. The van der Waals surface area contributed by atoms with E-state index in [9.17, 15) is 8.42 Å². The molecular weight excluding hydrogens is 538 g/mol. The van der Waals surface area contributed by atoms with Crippen molar-refractivity contribution in [1.82, 2.24) is 3.97 Å². The Balaban J connectivity index is 1.54. The molecule has 1 heterocycles. The molecule has 0 radical (unpaired) electrons. The van der Waals surface area contributed by atoms with Gasteiger partial charge in [0.1, 0.15) is 5.75 Å². The van der Waals surface area contributed by atoms with E-state index < -0.39 is 10.0 Å². The smallest absolute Gasteiger partial charge is 0.268 e. The van der Waals surface area contributed by atoms with Gasteiger partial charge in [-0.1, -0.05) is 77.0 Å². The lowest BCUT2D eigenvalue weighted by Crippen LogP contribution is -2.12. The number of nitrogens with zero attached hydrogens (tertiary/aromatic N) is 1. The van der Waals surface area contributed by atoms with Crippen LogP contribution in [0.1, 0.15) is 95.5 Å². The molecule has 3 rings (SSSR count). The molecule has 2 aromatic carbocycles. The van der Waals surface area contributed by atoms with E-state index in [0.717, 1.165) is 43.1 Å². The Morgan fingerprint density at radius 1 is 0.659 bits per heavy atom. The summed E-state index contributed by atoms with van der Waals surface area (Å²) in [4.78, 5) is 0.203. The molecule has 7 nitrogen and oxygen atoms in total. The van der Waals surface area contributed by atoms with Gasteiger partial charge in [-0.25, -0.2) is 12.4 Å². The van der Waals surface area contributed by atoms with Crippen molar-refractivity contribution in [3.05, 3.63) is 48.2 Å². The number of unbranched alkanes of at least 4 members (excludes halogenated alkanes) is 13. The summed E-state index contributed by atoms with van der Waals surface area (Å²) in [6, 6.07) is 10.1. The lowest BCUT2D eigenvalue weighted by Gasteiger charge is -2.11. The summed E-state index contributed by atoms with van der Waals surface area (Å²) in [6.07, 6.45) is 19.7. The fourth-order valence-corrected chi connectivity index (χ4v) is 6.78. The molecule has 0 amide bonds. The van der Waals surface area contributed by atoms with Crippen LogP contribution in [0.5, 0.6) is 17.2 Å². The number of hydrogen-bond acceptors (Lipinski definition) is 6. The van der Waals surface area contributed by atoms with E-state index in [4.69, 9.17) is 19.3 Å². The minimum absolute atomic E-state index is 0.203. The zero-order valence-corrected chi connectivity index (χ0v) is 26.0. The lowest BCUT2D eigenvalue weighted by molar-refractivity contribution is 0.282. The summed E-state index contributed by atoms with van der Waals surface area (Å²) in [7, 11) is 0.885. The molecule has 0 saturated carbocycles. The highest BCUT2D eigenvalue weighted by Gasteiger charge is 2.23. The van der Waals surface area contributed by atoms with Gasteiger partial charge in [0.2, 0.25) is 0 Å². The molecule has 0 aliphatic heterocycles. The molecule has 1 N–H and O–H groups in total. The monoisotopic (exact) mass is 587 g/mol. The largest absolute Gasteiger partial charge is 0.497 e. The normalized spacial score (nSPS) is 11.7. The van der Waals surface area contributed by atoms with E-state index in [1.54, 1.807) is 57.9 Å². The minimum atomic E-state index is -3.82. The van der Waals surface area contributed by atoms with Gasteiger partial charge in [0.05, 0.1) is 31.7 Å². The van der Waals surface area contributed by atoms with Crippen LogP contribution in [0, 0.1) is 0 Å². The molecule has 0 bridgehead atoms. The standard InChI is InChI=1S/C33H49NO6S/c1-38-28-19-21-29(22-20-28)41(36,37)34-26-27(30-24-32(39-2)33(40-3)25-31(30)34)18-16-14-12-10-8-6-4-5-7-9-11-13-15-17-23-35/h19-22,24-26,35H,4-18,23H2,1-3H3. The summed E-state index contributed by atoms with van der Waals surface area (Å²) in [5.74, 6) is 1.69. The number of aryl methyl sites for hydroxylation is 1. The maximum absolute atomic E-state index is 13.7. The molecule has 0 spiro atoms. The SMILES string of the molecule is COc1ccc(S(=O)(=O)n2cc(CCCCCCCCCCCCCCCCO)c3cc(OC)c(OC)cc32)cc1. The number of benzene rings is 2. The van der Waals surface area contributed by atoms with E-state index in [1.807, 2.05) is 6.07 Å². The van der Waals surface area contributed by atoms with Gasteiger partial charge in [0.15, 0.2) is 11.5 Å². The second-order valence-electron chi connectivity index (χ2n) is 10.8. The molecule has 8 heteroatoms. The van der Waals surface area contributed by atoms with Crippen LogP contribution in [0.2, 0.25) is 0 Å². The second kappa shape index (κ2) is 17.3. The number of aliphatic hydroxyl groups excluding tert-OH is 1. The van der Waals surface area contributed by atoms with E-state index >= 15 is 0 Å². The van der Waals surface area contributed by atoms with Crippen molar-refractivity contribution in [3.8, 4) is 17.2 Å². The van der Waals surface area contributed by atoms with Crippen LogP contribution in [0.3, 0.4) is 0 Å². The van der Waals surface area contributed by atoms with Crippen molar-refractivity contribution >= 4 is 20.9 Å².